The number of hydrogen-bond acceptors (Lipinski definition) is 1. The van der Waals surface area contributed by atoms with E-state index >= 15 is 0 Å². The summed E-state index contributed by atoms with van der Waals surface area (Å²) in [4.78, 5) is 0. The summed E-state index contributed by atoms with van der Waals surface area (Å²) in [5, 5.41) is 10.3. The normalized spacial score (nSPS) is 39.0. The lowest BCUT2D eigenvalue weighted by molar-refractivity contribution is -0.101. The van der Waals surface area contributed by atoms with Crippen LogP contribution in [0.25, 0.3) is 0 Å². The first-order chi connectivity index (χ1) is 6.59. The molecule has 1 heteroatoms. The van der Waals surface area contributed by atoms with E-state index in [0.29, 0.717) is 0 Å². The minimum absolute atomic E-state index is 0.260. The Balaban J connectivity index is 1.76. The fourth-order valence-electron chi connectivity index (χ4n) is 3.31. The summed E-state index contributed by atoms with van der Waals surface area (Å²) in [7, 11) is 0. The Bertz CT molecular complexity index is 185. The molecular formula is C13H24O. The molecule has 2 aliphatic carbocycles. The molecule has 2 saturated carbocycles. The van der Waals surface area contributed by atoms with Crippen LogP contribution >= 0.6 is 0 Å². The summed E-state index contributed by atoms with van der Waals surface area (Å²) in [5.74, 6) is 2.40. The molecule has 1 N–H and O–H groups in total. The van der Waals surface area contributed by atoms with Gasteiger partial charge in [-0.2, -0.15) is 0 Å². The molecule has 0 aliphatic heterocycles. The summed E-state index contributed by atoms with van der Waals surface area (Å²) < 4.78 is 0. The molecule has 2 aliphatic rings. The van der Waals surface area contributed by atoms with Crippen LogP contribution in [0.4, 0.5) is 0 Å². The fourth-order valence-corrected chi connectivity index (χ4v) is 3.31. The van der Waals surface area contributed by atoms with E-state index in [1.807, 2.05) is 0 Å². The molecule has 2 rings (SSSR count). The molecule has 0 unspecified atom stereocenters. The van der Waals surface area contributed by atoms with Gasteiger partial charge in [-0.15, -0.1) is 0 Å². The molecule has 1 nitrogen and oxygen atoms in total. The van der Waals surface area contributed by atoms with E-state index in [1.165, 1.54) is 25.7 Å². The van der Waals surface area contributed by atoms with Gasteiger partial charge in [0.2, 0.25) is 0 Å². The molecule has 0 atom stereocenters. The molecule has 0 saturated heterocycles. The van der Waals surface area contributed by atoms with Gasteiger partial charge in [0.25, 0.3) is 0 Å². The van der Waals surface area contributed by atoms with E-state index in [1.54, 1.807) is 0 Å². The monoisotopic (exact) mass is 196 g/mol. The van der Waals surface area contributed by atoms with Crippen molar-refractivity contribution in [2.75, 3.05) is 0 Å². The van der Waals surface area contributed by atoms with Crippen LogP contribution in [0.15, 0.2) is 0 Å². The second-order valence-electron chi connectivity index (χ2n) is 5.99. The Morgan fingerprint density at radius 3 is 2.29 bits per heavy atom. The van der Waals surface area contributed by atoms with Gasteiger partial charge in [0.1, 0.15) is 0 Å². The Morgan fingerprint density at radius 1 is 1.21 bits per heavy atom. The zero-order valence-corrected chi connectivity index (χ0v) is 9.63. The highest BCUT2D eigenvalue weighted by Crippen LogP contribution is 2.47. The summed E-state index contributed by atoms with van der Waals surface area (Å²) in [6, 6.07) is 0. The summed E-state index contributed by atoms with van der Waals surface area (Å²) >= 11 is 0. The molecule has 0 heterocycles. The van der Waals surface area contributed by atoms with Crippen LogP contribution in [-0.2, 0) is 0 Å². The van der Waals surface area contributed by atoms with Gasteiger partial charge in [-0.25, -0.2) is 0 Å². The zero-order chi connectivity index (χ0) is 10.2. The minimum Gasteiger partial charge on any atom is -0.390 e. The first-order valence-electron chi connectivity index (χ1n) is 6.31. The quantitative estimate of drug-likeness (QED) is 0.734. The van der Waals surface area contributed by atoms with E-state index in [2.05, 4.69) is 13.8 Å². The first-order valence-corrected chi connectivity index (χ1v) is 6.31. The molecular weight excluding hydrogens is 172 g/mol. The van der Waals surface area contributed by atoms with Crippen molar-refractivity contribution < 1.29 is 5.11 Å². The van der Waals surface area contributed by atoms with Crippen LogP contribution in [0, 0.1) is 17.8 Å². The molecule has 0 radical (unpaired) electrons. The van der Waals surface area contributed by atoms with E-state index in [0.717, 1.165) is 37.0 Å². The van der Waals surface area contributed by atoms with E-state index < -0.39 is 0 Å². The molecule has 2 fully saturated rings. The average molecular weight is 196 g/mol. The van der Waals surface area contributed by atoms with Crippen molar-refractivity contribution in [1.82, 2.24) is 0 Å². The smallest absolute Gasteiger partial charge is 0.0656 e. The van der Waals surface area contributed by atoms with Crippen LogP contribution in [0.1, 0.15) is 58.8 Å². The topological polar surface area (TPSA) is 20.2 Å². The van der Waals surface area contributed by atoms with Crippen molar-refractivity contribution in [2.45, 2.75) is 64.4 Å². The Morgan fingerprint density at radius 2 is 1.79 bits per heavy atom. The van der Waals surface area contributed by atoms with Gasteiger partial charge in [-0.3, -0.25) is 0 Å². The predicted octanol–water partition coefficient (Wildman–Crippen LogP) is 3.36. The lowest BCUT2D eigenvalue weighted by atomic mass is 9.63. The largest absolute Gasteiger partial charge is 0.390 e. The van der Waals surface area contributed by atoms with Crippen molar-refractivity contribution in [3.63, 3.8) is 0 Å². The van der Waals surface area contributed by atoms with Crippen LogP contribution < -0.4 is 0 Å². The SMILES string of the molecule is CC(C)C1CC(O)(CC2CCCC2)C1. The fraction of sp³-hybridized carbons (Fsp3) is 1.00. The minimum atomic E-state index is -0.260. The van der Waals surface area contributed by atoms with Gasteiger partial charge in [-0.1, -0.05) is 39.5 Å². The van der Waals surface area contributed by atoms with Crippen LogP contribution in [0.3, 0.4) is 0 Å². The van der Waals surface area contributed by atoms with Gasteiger partial charge in [0.15, 0.2) is 0 Å². The van der Waals surface area contributed by atoms with Crippen molar-refractivity contribution >= 4 is 0 Å². The molecule has 0 bridgehead atoms. The maximum Gasteiger partial charge on any atom is 0.0656 e. The van der Waals surface area contributed by atoms with Crippen molar-refractivity contribution in [2.24, 2.45) is 17.8 Å². The Hall–Kier alpha value is -0.0400. The first kappa shape index (κ1) is 10.5. The van der Waals surface area contributed by atoms with Crippen LogP contribution in [-0.4, -0.2) is 10.7 Å². The Labute approximate surface area is 87.9 Å². The molecule has 0 amide bonds. The molecule has 0 spiro atoms. The maximum atomic E-state index is 10.3. The predicted molar refractivity (Wildman–Crippen MR) is 59.1 cm³/mol. The summed E-state index contributed by atoms with van der Waals surface area (Å²) in [5.41, 5.74) is -0.260. The van der Waals surface area contributed by atoms with Gasteiger partial charge in [0.05, 0.1) is 5.60 Å². The average Bonchev–Trinajstić information content (AvgIpc) is 2.51. The second kappa shape index (κ2) is 3.84. The number of rotatable bonds is 3. The lowest BCUT2D eigenvalue weighted by Gasteiger charge is -2.47. The summed E-state index contributed by atoms with van der Waals surface area (Å²) in [6.07, 6.45) is 8.77. The van der Waals surface area contributed by atoms with E-state index in [9.17, 15) is 5.11 Å². The van der Waals surface area contributed by atoms with Gasteiger partial charge in [0, 0.05) is 0 Å². The van der Waals surface area contributed by atoms with Crippen LogP contribution in [0.5, 0.6) is 0 Å². The number of hydrogen-bond donors (Lipinski definition) is 1. The maximum absolute atomic E-state index is 10.3. The van der Waals surface area contributed by atoms with Crippen molar-refractivity contribution in [1.29, 1.82) is 0 Å². The van der Waals surface area contributed by atoms with E-state index in [-0.39, 0.29) is 5.60 Å². The van der Waals surface area contributed by atoms with Gasteiger partial charge >= 0.3 is 0 Å². The van der Waals surface area contributed by atoms with Gasteiger partial charge in [-0.05, 0) is 37.0 Å². The third kappa shape index (κ3) is 2.13. The van der Waals surface area contributed by atoms with E-state index in [4.69, 9.17) is 0 Å². The molecule has 0 aromatic rings. The van der Waals surface area contributed by atoms with Crippen LogP contribution in [0.2, 0.25) is 0 Å². The van der Waals surface area contributed by atoms with Crippen molar-refractivity contribution in [3.8, 4) is 0 Å². The third-order valence-electron chi connectivity index (χ3n) is 4.37. The second-order valence-corrected chi connectivity index (χ2v) is 5.99. The highest BCUT2D eigenvalue weighted by Gasteiger charge is 2.44. The highest BCUT2D eigenvalue weighted by atomic mass is 16.3. The standard InChI is InChI=1S/C13H24O/c1-10(2)12-8-13(14,9-12)7-11-5-3-4-6-11/h10-12,14H,3-9H2,1-2H3. The van der Waals surface area contributed by atoms with Gasteiger partial charge < -0.3 is 5.11 Å². The molecule has 14 heavy (non-hydrogen) atoms. The summed E-state index contributed by atoms with van der Waals surface area (Å²) in [6.45, 7) is 4.56. The highest BCUT2D eigenvalue weighted by molar-refractivity contribution is 4.96. The lowest BCUT2D eigenvalue weighted by Crippen LogP contribution is -2.46. The molecule has 0 aromatic heterocycles. The number of aliphatic hydroxyl groups is 1. The van der Waals surface area contributed by atoms with Crippen molar-refractivity contribution in [3.05, 3.63) is 0 Å². The zero-order valence-electron chi connectivity index (χ0n) is 9.63. The Kier molecular flexibility index (Phi) is 2.88. The molecule has 82 valence electrons. The molecule has 0 aromatic carbocycles. The third-order valence-corrected chi connectivity index (χ3v) is 4.37.